The number of hydrogen-bond donors (Lipinski definition) is 1. The Bertz CT molecular complexity index is 672. The molecule has 2 rings (SSSR count). The first-order valence-corrected chi connectivity index (χ1v) is 9.58. The minimum Gasteiger partial charge on any atom is -0.372 e. The van der Waals surface area contributed by atoms with Crippen LogP contribution in [-0.2, 0) is 6.54 Å². The summed E-state index contributed by atoms with van der Waals surface area (Å²) >= 11 is 0. The monoisotopic (exact) mass is 353 g/mol. The third-order valence-electron chi connectivity index (χ3n) is 4.77. The zero-order chi connectivity index (χ0) is 18.9. The molecule has 2 aromatic carbocycles. The average molecular weight is 354 g/mol. The van der Waals surface area contributed by atoms with Crippen LogP contribution >= 0.6 is 0 Å². The van der Waals surface area contributed by atoms with E-state index >= 15 is 0 Å². The molecule has 0 heterocycles. The number of anilines is 2. The molecule has 0 aliphatic carbocycles. The van der Waals surface area contributed by atoms with E-state index in [0.29, 0.717) is 5.56 Å². The smallest absolute Gasteiger partial charge is 0.255 e. The molecule has 4 heteroatoms. The van der Waals surface area contributed by atoms with Crippen molar-refractivity contribution >= 4 is 17.3 Å². The molecule has 2 aromatic rings. The summed E-state index contributed by atoms with van der Waals surface area (Å²) in [6, 6.07) is 15.9. The minimum absolute atomic E-state index is 0.0741. The molecule has 0 bridgehead atoms. The molecule has 140 valence electrons. The number of amides is 1. The van der Waals surface area contributed by atoms with Crippen molar-refractivity contribution in [3.8, 4) is 0 Å². The lowest BCUT2D eigenvalue weighted by atomic mass is 10.1. The predicted molar refractivity (Wildman–Crippen MR) is 111 cm³/mol. The fourth-order valence-corrected chi connectivity index (χ4v) is 3.01. The maximum Gasteiger partial charge on any atom is 0.255 e. The van der Waals surface area contributed by atoms with E-state index in [9.17, 15) is 4.79 Å². The molecule has 0 fully saturated rings. The fourth-order valence-electron chi connectivity index (χ4n) is 3.01. The Hall–Kier alpha value is -2.33. The molecule has 1 N–H and O–H groups in total. The molecule has 0 atom stereocenters. The number of nitrogens with zero attached hydrogens (tertiary/aromatic N) is 2. The van der Waals surface area contributed by atoms with Gasteiger partial charge < -0.3 is 10.2 Å². The summed E-state index contributed by atoms with van der Waals surface area (Å²) in [5.74, 6) is -0.0741. The van der Waals surface area contributed by atoms with Crippen LogP contribution in [0.15, 0.2) is 48.5 Å². The Balaban J connectivity index is 1.99. The Morgan fingerprint density at radius 2 is 1.38 bits per heavy atom. The van der Waals surface area contributed by atoms with E-state index in [1.165, 1.54) is 11.3 Å². The largest absolute Gasteiger partial charge is 0.372 e. The van der Waals surface area contributed by atoms with Crippen molar-refractivity contribution < 1.29 is 4.79 Å². The van der Waals surface area contributed by atoms with Gasteiger partial charge in [0.05, 0.1) is 0 Å². The van der Waals surface area contributed by atoms with Gasteiger partial charge in [0.2, 0.25) is 0 Å². The molecule has 0 saturated carbocycles. The second kappa shape index (κ2) is 9.97. The highest BCUT2D eigenvalue weighted by atomic mass is 16.1. The van der Waals surface area contributed by atoms with Crippen LogP contribution in [-0.4, -0.2) is 37.0 Å². The molecule has 0 aliphatic heterocycles. The standard InChI is InChI=1S/C22H31N3O/c1-5-24(6-2)17-18-9-11-19(12-10-18)22(26)23-20-13-15-21(16-14-20)25(7-3)8-4/h9-16H,5-8,17H2,1-4H3,(H,23,26). The van der Waals surface area contributed by atoms with Crippen molar-refractivity contribution in [3.63, 3.8) is 0 Å². The summed E-state index contributed by atoms with van der Waals surface area (Å²) in [5, 5.41) is 2.98. The van der Waals surface area contributed by atoms with Gasteiger partial charge in [0.15, 0.2) is 0 Å². The Labute approximate surface area is 157 Å². The topological polar surface area (TPSA) is 35.6 Å². The van der Waals surface area contributed by atoms with Crippen molar-refractivity contribution in [2.45, 2.75) is 34.2 Å². The van der Waals surface area contributed by atoms with E-state index in [0.717, 1.165) is 38.4 Å². The highest BCUT2D eigenvalue weighted by Gasteiger charge is 2.08. The minimum atomic E-state index is -0.0741. The number of carbonyl (C=O) groups excluding carboxylic acids is 1. The van der Waals surface area contributed by atoms with Crippen LogP contribution in [0.4, 0.5) is 11.4 Å². The molecule has 0 saturated heterocycles. The Kier molecular flexibility index (Phi) is 7.67. The number of benzene rings is 2. The van der Waals surface area contributed by atoms with Gasteiger partial charge in [-0.2, -0.15) is 0 Å². The summed E-state index contributed by atoms with van der Waals surface area (Å²) in [5.41, 5.74) is 3.90. The van der Waals surface area contributed by atoms with Gasteiger partial charge in [-0.1, -0.05) is 26.0 Å². The van der Waals surface area contributed by atoms with Crippen molar-refractivity contribution in [3.05, 3.63) is 59.7 Å². The van der Waals surface area contributed by atoms with Crippen LogP contribution in [0.1, 0.15) is 43.6 Å². The zero-order valence-corrected chi connectivity index (χ0v) is 16.5. The first-order chi connectivity index (χ1) is 12.6. The lowest BCUT2D eigenvalue weighted by Crippen LogP contribution is -2.22. The van der Waals surface area contributed by atoms with Crippen molar-refractivity contribution in [1.82, 2.24) is 4.90 Å². The van der Waals surface area contributed by atoms with Gasteiger partial charge in [-0.25, -0.2) is 0 Å². The molecule has 4 nitrogen and oxygen atoms in total. The maximum atomic E-state index is 12.5. The Morgan fingerprint density at radius 1 is 0.808 bits per heavy atom. The highest BCUT2D eigenvalue weighted by Crippen LogP contribution is 2.18. The van der Waals surface area contributed by atoms with E-state index in [-0.39, 0.29) is 5.91 Å². The SMILES string of the molecule is CCN(CC)Cc1ccc(C(=O)Nc2ccc(N(CC)CC)cc2)cc1. The lowest BCUT2D eigenvalue weighted by molar-refractivity contribution is 0.102. The number of rotatable bonds is 9. The van der Waals surface area contributed by atoms with Gasteiger partial charge in [0, 0.05) is 36.6 Å². The van der Waals surface area contributed by atoms with Gasteiger partial charge >= 0.3 is 0 Å². The fraction of sp³-hybridized carbons (Fsp3) is 0.409. The van der Waals surface area contributed by atoms with Gasteiger partial charge in [0.1, 0.15) is 0 Å². The molecule has 0 aliphatic rings. The maximum absolute atomic E-state index is 12.5. The predicted octanol–water partition coefficient (Wildman–Crippen LogP) is 4.63. The molecule has 1 amide bonds. The molecule has 0 unspecified atom stereocenters. The van der Waals surface area contributed by atoms with Gasteiger partial charge in [0.25, 0.3) is 5.91 Å². The first-order valence-electron chi connectivity index (χ1n) is 9.58. The summed E-state index contributed by atoms with van der Waals surface area (Å²) in [4.78, 5) is 17.1. The van der Waals surface area contributed by atoms with Crippen molar-refractivity contribution in [2.24, 2.45) is 0 Å². The third kappa shape index (κ3) is 5.33. The number of nitrogens with one attached hydrogen (secondary N) is 1. The van der Waals surface area contributed by atoms with Gasteiger partial charge in [-0.05, 0) is 68.9 Å². The van der Waals surface area contributed by atoms with Gasteiger partial charge in [-0.3, -0.25) is 9.69 Å². The van der Waals surface area contributed by atoms with Crippen LogP contribution in [0, 0.1) is 0 Å². The summed E-state index contributed by atoms with van der Waals surface area (Å²) in [6.45, 7) is 13.5. The molecular weight excluding hydrogens is 322 g/mol. The second-order valence-corrected chi connectivity index (χ2v) is 6.33. The van der Waals surface area contributed by atoms with E-state index in [1.54, 1.807) is 0 Å². The lowest BCUT2D eigenvalue weighted by Gasteiger charge is -2.21. The first kappa shape index (κ1) is 20.0. The molecule has 0 radical (unpaired) electrons. The van der Waals surface area contributed by atoms with E-state index in [4.69, 9.17) is 0 Å². The van der Waals surface area contributed by atoms with E-state index in [1.807, 2.05) is 36.4 Å². The van der Waals surface area contributed by atoms with Crippen LogP contribution in [0.25, 0.3) is 0 Å². The quantitative estimate of drug-likeness (QED) is 0.714. The highest BCUT2D eigenvalue weighted by molar-refractivity contribution is 6.04. The average Bonchev–Trinajstić information content (AvgIpc) is 2.68. The van der Waals surface area contributed by atoms with Crippen LogP contribution < -0.4 is 10.2 Å². The van der Waals surface area contributed by atoms with Crippen molar-refractivity contribution in [1.29, 1.82) is 0 Å². The summed E-state index contributed by atoms with van der Waals surface area (Å²) in [7, 11) is 0. The van der Waals surface area contributed by atoms with Gasteiger partial charge in [-0.15, -0.1) is 0 Å². The zero-order valence-electron chi connectivity index (χ0n) is 16.5. The van der Waals surface area contributed by atoms with E-state index < -0.39 is 0 Å². The number of carbonyl (C=O) groups is 1. The third-order valence-corrected chi connectivity index (χ3v) is 4.77. The van der Waals surface area contributed by atoms with Crippen LogP contribution in [0.3, 0.4) is 0 Å². The summed E-state index contributed by atoms with van der Waals surface area (Å²) in [6.07, 6.45) is 0. The Morgan fingerprint density at radius 3 is 1.88 bits per heavy atom. The van der Waals surface area contributed by atoms with E-state index in [2.05, 4.69) is 54.9 Å². The molecule has 0 spiro atoms. The molecule has 0 aromatic heterocycles. The van der Waals surface area contributed by atoms with Crippen LogP contribution in [0.5, 0.6) is 0 Å². The van der Waals surface area contributed by atoms with Crippen molar-refractivity contribution in [2.75, 3.05) is 36.4 Å². The normalized spacial score (nSPS) is 10.8. The molecular formula is C22H31N3O. The summed E-state index contributed by atoms with van der Waals surface area (Å²) < 4.78 is 0. The molecule has 26 heavy (non-hydrogen) atoms. The number of hydrogen-bond acceptors (Lipinski definition) is 3. The van der Waals surface area contributed by atoms with Crippen LogP contribution in [0.2, 0.25) is 0 Å². The second-order valence-electron chi connectivity index (χ2n) is 6.33.